The van der Waals surface area contributed by atoms with Crippen LogP contribution in [0.1, 0.15) is 16.2 Å². The molecule has 2 aromatic heterocycles. The lowest BCUT2D eigenvalue weighted by Crippen LogP contribution is -2.09. The second kappa shape index (κ2) is 3.23. The fourth-order valence-corrected chi connectivity index (χ4v) is 1.35. The van der Waals surface area contributed by atoms with E-state index < -0.39 is 5.97 Å². The first-order valence-electron chi connectivity index (χ1n) is 4.26. The molecule has 0 amide bonds. The van der Waals surface area contributed by atoms with Crippen molar-refractivity contribution in [3.8, 4) is 5.88 Å². The van der Waals surface area contributed by atoms with Crippen molar-refractivity contribution in [2.75, 3.05) is 7.11 Å². The molecule has 0 bridgehead atoms. The monoisotopic (exact) mass is 207 g/mol. The van der Waals surface area contributed by atoms with Crippen LogP contribution < -0.4 is 0 Å². The number of fused-ring (bicyclic) bond motifs is 1. The summed E-state index contributed by atoms with van der Waals surface area (Å²) in [5.74, 6) is -0.412. The number of imidazole rings is 1. The molecule has 6 nitrogen and oxygen atoms in total. The van der Waals surface area contributed by atoms with Gasteiger partial charge in [-0.1, -0.05) is 0 Å². The Balaban J connectivity index is 2.80. The van der Waals surface area contributed by atoms with Crippen LogP contribution in [-0.4, -0.2) is 32.6 Å². The van der Waals surface area contributed by atoms with Crippen LogP contribution in [0.4, 0.5) is 0 Å². The number of carbonyl (C=O) groups is 1. The molecule has 0 aliphatic heterocycles. The minimum Gasteiger partial charge on any atom is -0.493 e. The van der Waals surface area contributed by atoms with E-state index in [0.717, 1.165) is 0 Å². The molecule has 1 N–H and O–H groups in total. The lowest BCUT2D eigenvalue weighted by molar-refractivity contribution is 0.0590. The maximum Gasteiger partial charge on any atom is 0.355 e. The topological polar surface area (TPSA) is 76.7 Å². The Morgan fingerprint density at radius 1 is 1.60 bits per heavy atom. The molecule has 0 aliphatic rings. The second-order valence-electron chi connectivity index (χ2n) is 3.03. The Kier molecular flexibility index (Phi) is 2.03. The van der Waals surface area contributed by atoms with Gasteiger partial charge < -0.3 is 9.84 Å². The second-order valence-corrected chi connectivity index (χ2v) is 3.03. The van der Waals surface area contributed by atoms with E-state index in [2.05, 4.69) is 14.7 Å². The van der Waals surface area contributed by atoms with Crippen LogP contribution in [0.5, 0.6) is 5.88 Å². The largest absolute Gasteiger partial charge is 0.493 e. The summed E-state index contributed by atoms with van der Waals surface area (Å²) < 4.78 is 5.83. The first-order valence-corrected chi connectivity index (χ1v) is 4.26. The van der Waals surface area contributed by atoms with Crippen LogP contribution in [0.15, 0.2) is 12.3 Å². The number of aryl methyl sites for hydroxylation is 1. The number of hydrogen-bond donors (Lipinski definition) is 1. The SMILES string of the molecule is COC(=O)c1cc(C)nc2ncc(O)n12. The number of nitrogens with zero attached hydrogens (tertiary/aromatic N) is 3. The highest BCUT2D eigenvalue weighted by atomic mass is 16.5. The fourth-order valence-electron chi connectivity index (χ4n) is 1.35. The van der Waals surface area contributed by atoms with Crippen LogP contribution in [-0.2, 0) is 4.74 Å². The van der Waals surface area contributed by atoms with Crippen LogP contribution >= 0.6 is 0 Å². The first-order chi connectivity index (χ1) is 7.13. The lowest BCUT2D eigenvalue weighted by Gasteiger charge is -2.04. The third-order valence-corrected chi connectivity index (χ3v) is 1.98. The molecule has 0 aromatic carbocycles. The minimum absolute atomic E-state index is 0.141. The molecule has 0 radical (unpaired) electrons. The van der Waals surface area contributed by atoms with Crippen molar-refractivity contribution in [1.29, 1.82) is 0 Å². The third kappa shape index (κ3) is 1.39. The van der Waals surface area contributed by atoms with Crippen molar-refractivity contribution in [1.82, 2.24) is 14.4 Å². The molecular weight excluding hydrogens is 198 g/mol. The summed E-state index contributed by atoms with van der Waals surface area (Å²) in [5.41, 5.74) is 0.837. The van der Waals surface area contributed by atoms with Crippen LogP contribution in [0.25, 0.3) is 5.78 Å². The van der Waals surface area contributed by atoms with Gasteiger partial charge >= 0.3 is 5.97 Å². The Bertz CT molecular complexity index is 533. The summed E-state index contributed by atoms with van der Waals surface area (Å²) in [4.78, 5) is 19.3. The van der Waals surface area contributed by atoms with Gasteiger partial charge in [0, 0.05) is 5.69 Å². The van der Waals surface area contributed by atoms with Crippen molar-refractivity contribution < 1.29 is 14.6 Å². The molecule has 0 saturated carbocycles. The summed E-state index contributed by atoms with van der Waals surface area (Å²) >= 11 is 0. The first kappa shape index (κ1) is 9.45. The maximum absolute atomic E-state index is 11.4. The number of rotatable bonds is 1. The average molecular weight is 207 g/mol. The zero-order chi connectivity index (χ0) is 11.0. The van der Waals surface area contributed by atoms with Crippen molar-refractivity contribution in [2.45, 2.75) is 6.92 Å². The van der Waals surface area contributed by atoms with Gasteiger partial charge in [0.25, 0.3) is 0 Å². The van der Waals surface area contributed by atoms with Gasteiger partial charge in [-0.3, -0.25) is 0 Å². The number of hydrogen-bond acceptors (Lipinski definition) is 5. The minimum atomic E-state index is -0.543. The molecule has 15 heavy (non-hydrogen) atoms. The van der Waals surface area contributed by atoms with E-state index >= 15 is 0 Å². The number of aromatic nitrogens is 3. The van der Waals surface area contributed by atoms with E-state index in [1.54, 1.807) is 6.92 Å². The number of aromatic hydroxyl groups is 1. The highest BCUT2D eigenvalue weighted by Gasteiger charge is 2.15. The Morgan fingerprint density at radius 2 is 2.33 bits per heavy atom. The zero-order valence-electron chi connectivity index (χ0n) is 8.26. The van der Waals surface area contributed by atoms with Crippen molar-refractivity contribution >= 4 is 11.7 Å². The number of carbonyl (C=O) groups excluding carboxylic acids is 1. The van der Waals surface area contributed by atoms with Crippen LogP contribution in [0.2, 0.25) is 0 Å². The van der Waals surface area contributed by atoms with E-state index in [4.69, 9.17) is 0 Å². The van der Waals surface area contributed by atoms with Gasteiger partial charge in [-0.25, -0.2) is 19.2 Å². The summed E-state index contributed by atoms with van der Waals surface area (Å²) in [5, 5.41) is 9.48. The summed E-state index contributed by atoms with van der Waals surface area (Å²) in [6.07, 6.45) is 1.23. The number of esters is 1. The van der Waals surface area contributed by atoms with Gasteiger partial charge in [0.05, 0.1) is 13.3 Å². The highest BCUT2D eigenvalue weighted by molar-refractivity contribution is 5.88. The van der Waals surface area contributed by atoms with Crippen molar-refractivity contribution in [2.24, 2.45) is 0 Å². The molecule has 2 aromatic rings. The van der Waals surface area contributed by atoms with Crippen LogP contribution in [0.3, 0.4) is 0 Å². The molecule has 0 unspecified atom stereocenters. The summed E-state index contributed by atoms with van der Waals surface area (Å²) in [7, 11) is 1.28. The van der Waals surface area contributed by atoms with Crippen molar-refractivity contribution in [3.05, 3.63) is 23.7 Å². The molecule has 0 spiro atoms. The van der Waals surface area contributed by atoms with E-state index in [1.165, 1.54) is 23.8 Å². The Labute approximate surface area is 85.2 Å². The Hall–Kier alpha value is -2.11. The van der Waals surface area contributed by atoms with Crippen molar-refractivity contribution in [3.63, 3.8) is 0 Å². The maximum atomic E-state index is 11.4. The quantitative estimate of drug-likeness (QED) is 0.690. The van der Waals surface area contributed by atoms with Gasteiger partial charge in [0.2, 0.25) is 11.7 Å². The third-order valence-electron chi connectivity index (χ3n) is 1.98. The molecule has 2 rings (SSSR count). The standard InChI is InChI=1S/C9H9N3O3/c1-5-3-6(8(14)15-2)12-7(13)4-10-9(12)11-5/h3-4,13H,1-2H3. The normalized spacial score (nSPS) is 10.5. The van der Waals surface area contributed by atoms with E-state index in [1.807, 2.05) is 0 Å². The molecule has 78 valence electrons. The van der Waals surface area contributed by atoms with Gasteiger partial charge in [0.1, 0.15) is 5.69 Å². The number of methoxy groups -OCH3 is 1. The molecular formula is C9H9N3O3. The Morgan fingerprint density at radius 3 is 3.00 bits per heavy atom. The number of ether oxygens (including phenoxy) is 1. The predicted molar refractivity (Wildman–Crippen MR) is 50.7 cm³/mol. The summed E-state index contributed by atoms with van der Waals surface area (Å²) in [6, 6.07) is 1.53. The fraction of sp³-hybridized carbons (Fsp3) is 0.222. The lowest BCUT2D eigenvalue weighted by atomic mass is 10.3. The van der Waals surface area contributed by atoms with Gasteiger partial charge in [0.15, 0.2) is 0 Å². The smallest absolute Gasteiger partial charge is 0.355 e. The zero-order valence-corrected chi connectivity index (χ0v) is 8.26. The molecule has 0 atom stereocenters. The highest BCUT2D eigenvalue weighted by Crippen LogP contribution is 2.15. The van der Waals surface area contributed by atoms with Gasteiger partial charge in [-0.15, -0.1) is 0 Å². The molecule has 0 fully saturated rings. The van der Waals surface area contributed by atoms with Crippen LogP contribution in [0, 0.1) is 6.92 Å². The predicted octanol–water partition coefficient (Wildman–Crippen LogP) is 0.530. The van der Waals surface area contributed by atoms with E-state index in [-0.39, 0.29) is 17.4 Å². The molecule has 0 aliphatic carbocycles. The molecule has 2 heterocycles. The van der Waals surface area contributed by atoms with E-state index in [0.29, 0.717) is 5.69 Å². The summed E-state index contributed by atoms with van der Waals surface area (Å²) in [6.45, 7) is 1.73. The molecule has 0 saturated heterocycles. The van der Waals surface area contributed by atoms with Gasteiger partial charge in [-0.05, 0) is 13.0 Å². The molecule has 6 heteroatoms. The van der Waals surface area contributed by atoms with E-state index in [9.17, 15) is 9.90 Å². The van der Waals surface area contributed by atoms with Gasteiger partial charge in [-0.2, -0.15) is 0 Å². The average Bonchev–Trinajstić information content (AvgIpc) is 2.58.